The van der Waals surface area contributed by atoms with E-state index in [1.54, 1.807) is 32.4 Å². The van der Waals surface area contributed by atoms with E-state index in [1.807, 2.05) is 19.9 Å². The van der Waals surface area contributed by atoms with Gasteiger partial charge in [0.2, 0.25) is 5.91 Å². The number of aryl methyl sites for hydroxylation is 2. The highest BCUT2D eigenvalue weighted by molar-refractivity contribution is 7.92. The van der Waals surface area contributed by atoms with E-state index >= 15 is 0 Å². The average Bonchev–Trinajstić information content (AvgIpc) is 2.65. The third-order valence-electron chi connectivity index (χ3n) is 3.39. The molecule has 1 amide bonds. The molecule has 0 aliphatic heterocycles. The molecule has 1 N–H and O–H groups in total. The molecule has 0 fully saturated rings. The fourth-order valence-electron chi connectivity index (χ4n) is 1.91. The number of amides is 1. The maximum atomic E-state index is 12.1. The zero-order chi connectivity index (χ0) is 16.4. The SMILES string of the molecule is Cc1cc(C)n(C(C)C(=O)NCCS(=O)(=O)C(C)(C)C)n1. The van der Waals surface area contributed by atoms with Crippen LogP contribution in [0.5, 0.6) is 0 Å². The molecule has 0 aromatic carbocycles. The van der Waals surface area contributed by atoms with Crippen molar-refractivity contribution in [3.05, 3.63) is 17.5 Å². The van der Waals surface area contributed by atoms with Gasteiger partial charge in [0.25, 0.3) is 0 Å². The van der Waals surface area contributed by atoms with Crippen LogP contribution in [0.2, 0.25) is 0 Å². The largest absolute Gasteiger partial charge is 0.353 e. The summed E-state index contributed by atoms with van der Waals surface area (Å²) in [6.45, 7) is 10.6. The number of hydrogen-bond donors (Lipinski definition) is 1. The van der Waals surface area contributed by atoms with Crippen LogP contribution in [-0.2, 0) is 14.6 Å². The molecule has 0 radical (unpaired) electrons. The molecule has 0 aliphatic carbocycles. The Kier molecular flexibility index (Phi) is 5.20. The summed E-state index contributed by atoms with van der Waals surface area (Å²) >= 11 is 0. The van der Waals surface area contributed by atoms with Crippen LogP contribution in [0.15, 0.2) is 6.07 Å². The van der Waals surface area contributed by atoms with Crippen molar-refractivity contribution in [2.75, 3.05) is 12.3 Å². The molecule has 6 nitrogen and oxygen atoms in total. The van der Waals surface area contributed by atoms with E-state index < -0.39 is 20.6 Å². The van der Waals surface area contributed by atoms with Gasteiger partial charge in [0, 0.05) is 12.2 Å². The van der Waals surface area contributed by atoms with Gasteiger partial charge in [-0.1, -0.05) is 0 Å². The Bertz CT molecular complexity index is 612. The molecule has 0 spiro atoms. The quantitative estimate of drug-likeness (QED) is 0.890. The Morgan fingerprint density at radius 3 is 2.38 bits per heavy atom. The second kappa shape index (κ2) is 6.17. The van der Waals surface area contributed by atoms with Gasteiger partial charge >= 0.3 is 0 Å². The zero-order valence-electron chi connectivity index (χ0n) is 13.6. The molecular weight excluding hydrogens is 290 g/mol. The lowest BCUT2D eigenvalue weighted by Gasteiger charge is -2.20. The fraction of sp³-hybridized carbons (Fsp3) is 0.714. The molecule has 21 heavy (non-hydrogen) atoms. The van der Waals surface area contributed by atoms with Gasteiger partial charge in [-0.25, -0.2) is 8.42 Å². The van der Waals surface area contributed by atoms with E-state index in [0.29, 0.717) is 0 Å². The van der Waals surface area contributed by atoms with Gasteiger partial charge in [-0.3, -0.25) is 9.48 Å². The predicted molar refractivity (Wildman–Crippen MR) is 83.0 cm³/mol. The van der Waals surface area contributed by atoms with Crippen LogP contribution in [-0.4, -0.2) is 41.2 Å². The van der Waals surface area contributed by atoms with Crippen molar-refractivity contribution in [1.82, 2.24) is 15.1 Å². The highest BCUT2D eigenvalue weighted by Gasteiger charge is 2.28. The molecule has 120 valence electrons. The molecule has 7 heteroatoms. The maximum Gasteiger partial charge on any atom is 0.244 e. The van der Waals surface area contributed by atoms with Crippen molar-refractivity contribution in [2.45, 2.75) is 52.3 Å². The van der Waals surface area contributed by atoms with E-state index in [1.165, 1.54) is 0 Å². The van der Waals surface area contributed by atoms with Crippen LogP contribution in [0, 0.1) is 13.8 Å². The number of sulfone groups is 1. The molecule has 0 bridgehead atoms. The summed E-state index contributed by atoms with van der Waals surface area (Å²) in [6, 6.07) is 1.43. The summed E-state index contributed by atoms with van der Waals surface area (Å²) in [5, 5.41) is 6.93. The van der Waals surface area contributed by atoms with Gasteiger partial charge in [0.1, 0.15) is 6.04 Å². The Morgan fingerprint density at radius 1 is 1.38 bits per heavy atom. The first-order valence-corrected chi connectivity index (χ1v) is 8.63. The Morgan fingerprint density at radius 2 is 1.95 bits per heavy atom. The lowest BCUT2D eigenvalue weighted by molar-refractivity contribution is -0.124. The summed E-state index contributed by atoms with van der Waals surface area (Å²) in [5.74, 6) is -0.295. The first-order chi connectivity index (χ1) is 9.45. The third-order valence-corrected chi connectivity index (χ3v) is 6.00. The van der Waals surface area contributed by atoms with Crippen molar-refractivity contribution >= 4 is 15.7 Å². The van der Waals surface area contributed by atoms with Gasteiger partial charge in [0.15, 0.2) is 9.84 Å². The molecular formula is C14H25N3O3S. The monoisotopic (exact) mass is 315 g/mol. The van der Waals surface area contributed by atoms with E-state index in [0.717, 1.165) is 11.4 Å². The minimum absolute atomic E-state index is 0.0634. The van der Waals surface area contributed by atoms with Crippen molar-refractivity contribution in [3.8, 4) is 0 Å². The van der Waals surface area contributed by atoms with Crippen LogP contribution in [0.4, 0.5) is 0 Å². The Balaban J connectivity index is 2.61. The van der Waals surface area contributed by atoms with E-state index in [9.17, 15) is 13.2 Å². The lowest BCUT2D eigenvalue weighted by Crippen LogP contribution is -2.38. The van der Waals surface area contributed by atoms with Crippen molar-refractivity contribution in [3.63, 3.8) is 0 Å². The first kappa shape index (κ1) is 17.7. The third kappa shape index (κ3) is 4.30. The number of nitrogens with zero attached hydrogens (tertiary/aromatic N) is 2. The fourth-order valence-corrected chi connectivity index (χ4v) is 2.89. The molecule has 1 heterocycles. The van der Waals surface area contributed by atoms with Crippen molar-refractivity contribution < 1.29 is 13.2 Å². The standard InChI is InChI=1S/C14H25N3O3S/c1-10-9-11(2)17(16-10)12(3)13(18)15-7-8-21(19,20)14(4,5)6/h9,12H,7-8H2,1-6H3,(H,15,18). The van der Waals surface area contributed by atoms with Crippen LogP contribution >= 0.6 is 0 Å². The van der Waals surface area contributed by atoms with Crippen molar-refractivity contribution in [2.24, 2.45) is 0 Å². The van der Waals surface area contributed by atoms with Gasteiger partial charge in [-0.2, -0.15) is 5.10 Å². The van der Waals surface area contributed by atoms with Crippen molar-refractivity contribution in [1.29, 1.82) is 0 Å². The number of carbonyl (C=O) groups excluding carboxylic acids is 1. The summed E-state index contributed by atoms with van der Waals surface area (Å²) in [6.07, 6.45) is 0. The van der Waals surface area contributed by atoms with Gasteiger partial charge < -0.3 is 5.32 Å². The topological polar surface area (TPSA) is 81.1 Å². The summed E-state index contributed by atoms with van der Waals surface area (Å²) in [5.41, 5.74) is 1.75. The minimum Gasteiger partial charge on any atom is -0.353 e. The van der Waals surface area contributed by atoms with Crippen LogP contribution in [0.1, 0.15) is 45.1 Å². The predicted octanol–water partition coefficient (Wildman–Crippen LogP) is 1.39. The Hall–Kier alpha value is -1.37. The molecule has 1 aromatic rings. The normalized spacial score (nSPS) is 14.0. The summed E-state index contributed by atoms with van der Waals surface area (Å²) in [7, 11) is -3.22. The lowest BCUT2D eigenvalue weighted by atomic mass is 10.3. The van der Waals surface area contributed by atoms with Gasteiger partial charge in [0.05, 0.1) is 16.2 Å². The number of carbonyl (C=O) groups is 1. The number of rotatable bonds is 5. The molecule has 0 aliphatic rings. The molecule has 1 aromatic heterocycles. The first-order valence-electron chi connectivity index (χ1n) is 6.98. The van der Waals surface area contributed by atoms with E-state index in [2.05, 4.69) is 10.4 Å². The van der Waals surface area contributed by atoms with Crippen LogP contribution in [0.25, 0.3) is 0 Å². The number of hydrogen-bond acceptors (Lipinski definition) is 4. The van der Waals surface area contributed by atoms with Crippen LogP contribution < -0.4 is 5.32 Å². The second-order valence-electron chi connectivity index (χ2n) is 6.27. The average molecular weight is 315 g/mol. The minimum atomic E-state index is -3.22. The zero-order valence-corrected chi connectivity index (χ0v) is 14.4. The van der Waals surface area contributed by atoms with E-state index in [4.69, 9.17) is 0 Å². The van der Waals surface area contributed by atoms with Crippen LogP contribution in [0.3, 0.4) is 0 Å². The highest BCUT2D eigenvalue weighted by atomic mass is 32.2. The molecule has 1 unspecified atom stereocenters. The number of aromatic nitrogens is 2. The second-order valence-corrected chi connectivity index (χ2v) is 9.13. The summed E-state index contributed by atoms with van der Waals surface area (Å²) < 4.78 is 24.8. The molecule has 1 atom stereocenters. The summed E-state index contributed by atoms with van der Waals surface area (Å²) in [4.78, 5) is 12.1. The molecule has 1 rings (SSSR count). The highest BCUT2D eigenvalue weighted by Crippen LogP contribution is 2.15. The van der Waals surface area contributed by atoms with Gasteiger partial charge in [-0.05, 0) is 47.6 Å². The maximum absolute atomic E-state index is 12.1. The van der Waals surface area contributed by atoms with Gasteiger partial charge in [-0.15, -0.1) is 0 Å². The smallest absolute Gasteiger partial charge is 0.244 e. The molecule has 0 saturated heterocycles. The Labute approximate surface area is 126 Å². The molecule has 0 saturated carbocycles. The number of nitrogens with one attached hydrogen (secondary N) is 1. The van der Waals surface area contributed by atoms with E-state index in [-0.39, 0.29) is 18.2 Å².